The number of carbonyl (C=O) groups is 1. The van der Waals surface area contributed by atoms with Crippen LogP contribution in [0, 0.1) is 11.3 Å². The minimum absolute atomic E-state index is 0.0790. The summed E-state index contributed by atoms with van der Waals surface area (Å²) in [6.45, 7) is 2.18. The molecule has 0 bridgehead atoms. The molecule has 0 spiro atoms. The lowest BCUT2D eigenvalue weighted by molar-refractivity contribution is -0.129. The third-order valence-corrected chi connectivity index (χ3v) is 4.08. The number of ketones is 1. The molecule has 0 N–H and O–H groups in total. The first kappa shape index (κ1) is 9.23. The van der Waals surface area contributed by atoms with Crippen LogP contribution in [0.4, 0.5) is 0 Å². The van der Waals surface area contributed by atoms with Crippen LogP contribution in [0.25, 0.3) is 0 Å². The zero-order chi connectivity index (χ0) is 9.31. The van der Waals surface area contributed by atoms with Crippen molar-refractivity contribution in [3.63, 3.8) is 0 Å². The van der Waals surface area contributed by atoms with E-state index in [-0.39, 0.29) is 5.41 Å². The van der Waals surface area contributed by atoms with Gasteiger partial charge in [-0.05, 0) is 18.8 Å². The number of carbonyl (C=O) groups excluding carboxylic acids is 1. The summed E-state index contributed by atoms with van der Waals surface area (Å²) in [7, 11) is 0. The summed E-state index contributed by atoms with van der Waals surface area (Å²) in [5, 5.41) is 0. The van der Waals surface area contributed by atoms with Gasteiger partial charge in [0.05, 0.1) is 0 Å². The molecule has 74 valence electrons. The van der Waals surface area contributed by atoms with Crippen LogP contribution in [0.1, 0.15) is 58.3 Å². The molecular weight excluding hydrogens is 160 g/mol. The summed E-state index contributed by atoms with van der Waals surface area (Å²) in [6.07, 6.45) is 9.70. The lowest BCUT2D eigenvalue weighted by atomic mass is 9.74. The van der Waals surface area contributed by atoms with Crippen molar-refractivity contribution < 1.29 is 4.79 Å². The molecular formula is C12H20O. The molecule has 2 aliphatic carbocycles. The van der Waals surface area contributed by atoms with Crippen molar-refractivity contribution in [2.45, 2.75) is 58.3 Å². The smallest absolute Gasteiger partial charge is 0.139 e. The van der Waals surface area contributed by atoms with Gasteiger partial charge in [0, 0.05) is 11.8 Å². The first-order valence-electron chi connectivity index (χ1n) is 5.74. The van der Waals surface area contributed by atoms with E-state index in [0.717, 1.165) is 25.2 Å². The molecule has 0 heterocycles. The maximum Gasteiger partial charge on any atom is 0.139 e. The summed E-state index contributed by atoms with van der Waals surface area (Å²) in [6, 6.07) is 0. The minimum Gasteiger partial charge on any atom is -0.299 e. The molecule has 2 aliphatic rings. The van der Waals surface area contributed by atoms with Gasteiger partial charge in [-0.25, -0.2) is 0 Å². The first-order valence-corrected chi connectivity index (χ1v) is 5.74. The van der Waals surface area contributed by atoms with E-state index in [4.69, 9.17) is 0 Å². The quantitative estimate of drug-likeness (QED) is 0.651. The average Bonchev–Trinajstić information content (AvgIpc) is 2.45. The number of hydrogen-bond donors (Lipinski definition) is 0. The minimum atomic E-state index is 0.0790. The molecule has 0 aromatic heterocycles. The van der Waals surface area contributed by atoms with Crippen LogP contribution in [0.3, 0.4) is 0 Å². The van der Waals surface area contributed by atoms with Crippen molar-refractivity contribution >= 4 is 5.78 Å². The molecule has 0 amide bonds. The number of rotatable bonds is 3. The van der Waals surface area contributed by atoms with Gasteiger partial charge in [-0.1, -0.05) is 39.0 Å². The van der Waals surface area contributed by atoms with Gasteiger partial charge in [0.1, 0.15) is 5.78 Å². The molecule has 2 saturated carbocycles. The molecule has 0 aliphatic heterocycles. The Morgan fingerprint density at radius 1 is 1.23 bits per heavy atom. The maximum atomic E-state index is 12.0. The number of hydrogen-bond acceptors (Lipinski definition) is 1. The van der Waals surface area contributed by atoms with Gasteiger partial charge >= 0.3 is 0 Å². The van der Waals surface area contributed by atoms with E-state index in [9.17, 15) is 4.79 Å². The molecule has 2 rings (SSSR count). The van der Waals surface area contributed by atoms with Crippen molar-refractivity contribution in [2.75, 3.05) is 0 Å². The molecule has 2 fully saturated rings. The van der Waals surface area contributed by atoms with E-state index in [1.165, 1.54) is 32.1 Å². The zero-order valence-electron chi connectivity index (χ0n) is 8.64. The molecule has 13 heavy (non-hydrogen) atoms. The summed E-state index contributed by atoms with van der Waals surface area (Å²) >= 11 is 0. The van der Waals surface area contributed by atoms with E-state index in [2.05, 4.69) is 6.92 Å². The summed E-state index contributed by atoms with van der Waals surface area (Å²) in [5.41, 5.74) is 0.0790. The average molecular weight is 180 g/mol. The first-order chi connectivity index (χ1) is 6.21. The SMILES string of the molecule is CC1(C(=O)CC2CCC2)CCCC1. The fourth-order valence-electron chi connectivity index (χ4n) is 2.64. The largest absolute Gasteiger partial charge is 0.299 e. The summed E-state index contributed by atoms with van der Waals surface area (Å²) < 4.78 is 0. The standard InChI is InChI=1S/C12H20O/c1-12(7-2-3-8-12)11(13)9-10-5-4-6-10/h10H,2-9H2,1H3. The number of Topliss-reactive ketones (excluding diaryl/α,β-unsaturated/α-hetero) is 1. The third kappa shape index (κ3) is 1.79. The fourth-order valence-corrected chi connectivity index (χ4v) is 2.64. The van der Waals surface area contributed by atoms with Gasteiger partial charge in [-0.15, -0.1) is 0 Å². The molecule has 0 aromatic rings. The van der Waals surface area contributed by atoms with Crippen LogP contribution < -0.4 is 0 Å². The fraction of sp³-hybridized carbons (Fsp3) is 0.917. The van der Waals surface area contributed by atoms with Crippen molar-refractivity contribution in [1.29, 1.82) is 0 Å². The van der Waals surface area contributed by atoms with Gasteiger partial charge in [0.25, 0.3) is 0 Å². The molecule has 0 saturated heterocycles. The second-order valence-corrected chi connectivity index (χ2v) is 5.19. The lowest BCUT2D eigenvalue weighted by Crippen LogP contribution is -2.28. The Hall–Kier alpha value is -0.330. The van der Waals surface area contributed by atoms with E-state index < -0.39 is 0 Å². The molecule has 0 unspecified atom stereocenters. The Bertz CT molecular complexity index is 197. The Morgan fingerprint density at radius 2 is 1.85 bits per heavy atom. The molecule has 1 heteroatoms. The van der Waals surface area contributed by atoms with Gasteiger partial charge in [0.15, 0.2) is 0 Å². The van der Waals surface area contributed by atoms with Gasteiger partial charge in [-0.2, -0.15) is 0 Å². The van der Waals surface area contributed by atoms with Crippen molar-refractivity contribution in [3.8, 4) is 0 Å². The van der Waals surface area contributed by atoms with Crippen LogP contribution in [-0.4, -0.2) is 5.78 Å². The lowest BCUT2D eigenvalue weighted by Gasteiger charge is -2.29. The highest BCUT2D eigenvalue weighted by Gasteiger charge is 2.37. The van der Waals surface area contributed by atoms with Crippen LogP contribution in [0.5, 0.6) is 0 Å². The molecule has 0 radical (unpaired) electrons. The summed E-state index contributed by atoms with van der Waals surface area (Å²) in [4.78, 5) is 12.0. The van der Waals surface area contributed by atoms with E-state index >= 15 is 0 Å². The van der Waals surface area contributed by atoms with Gasteiger partial charge in [-0.3, -0.25) is 4.79 Å². The highest BCUT2D eigenvalue weighted by atomic mass is 16.1. The topological polar surface area (TPSA) is 17.1 Å². The molecule has 1 nitrogen and oxygen atoms in total. The van der Waals surface area contributed by atoms with E-state index in [1.807, 2.05) is 0 Å². The Balaban J connectivity index is 1.87. The van der Waals surface area contributed by atoms with Crippen LogP contribution in [-0.2, 0) is 4.79 Å². The predicted molar refractivity (Wildman–Crippen MR) is 53.5 cm³/mol. The summed E-state index contributed by atoms with van der Waals surface area (Å²) in [5.74, 6) is 1.32. The van der Waals surface area contributed by atoms with Crippen LogP contribution >= 0.6 is 0 Å². The van der Waals surface area contributed by atoms with Crippen molar-refractivity contribution in [1.82, 2.24) is 0 Å². The molecule has 0 atom stereocenters. The zero-order valence-corrected chi connectivity index (χ0v) is 8.64. The van der Waals surface area contributed by atoms with Crippen molar-refractivity contribution in [2.24, 2.45) is 11.3 Å². The van der Waals surface area contributed by atoms with E-state index in [0.29, 0.717) is 5.78 Å². The highest BCUT2D eigenvalue weighted by molar-refractivity contribution is 5.84. The Kier molecular flexibility index (Phi) is 2.44. The van der Waals surface area contributed by atoms with Gasteiger partial charge < -0.3 is 0 Å². The van der Waals surface area contributed by atoms with Crippen molar-refractivity contribution in [3.05, 3.63) is 0 Å². The monoisotopic (exact) mass is 180 g/mol. The van der Waals surface area contributed by atoms with Crippen LogP contribution in [0.15, 0.2) is 0 Å². The Morgan fingerprint density at radius 3 is 2.31 bits per heavy atom. The predicted octanol–water partition coefficient (Wildman–Crippen LogP) is 3.33. The van der Waals surface area contributed by atoms with Crippen LogP contribution in [0.2, 0.25) is 0 Å². The second-order valence-electron chi connectivity index (χ2n) is 5.19. The maximum absolute atomic E-state index is 12.0. The van der Waals surface area contributed by atoms with Gasteiger partial charge in [0.2, 0.25) is 0 Å². The highest BCUT2D eigenvalue weighted by Crippen LogP contribution is 2.41. The second kappa shape index (κ2) is 3.43. The third-order valence-electron chi connectivity index (χ3n) is 4.08. The molecule has 0 aromatic carbocycles. The normalized spacial score (nSPS) is 27.2. The van der Waals surface area contributed by atoms with E-state index in [1.54, 1.807) is 0 Å². The Labute approximate surface area is 80.9 Å².